The van der Waals surface area contributed by atoms with Gasteiger partial charge in [-0.1, -0.05) is 37.3 Å². The fourth-order valence-electron chi connectivity index (χ4n) is 2.76. The molecule has 3 heteroatoms. The molecular weight excluding hydrogens is 265 g/mol. The summed E-state index contributed by atoms with van der Waals surface area (Å²) in [4.78, 5) is 4.32. The highest BCUT2D eigenvalue weighted by Gasteiger charge is 2.31. The molecule has 21 heavy (non-hydrogen) atoms. The van der Waals surface area contributed by atoms with Gasteiger partial charge in [0.2, 0.25) is 0 Å². The minimum absolute atomic E-state index is 0.349. The second kappa shape index (κ2) is 5.26. The average molecular weight is 281 g/mol. The molecule has 0 aliphatic rings. The van der Waals surface area contributed by atoms with Crippen LogP contribution in [0.25, 0.3) is 10.9 Å². The molecule has 1 aromatic heterocycles. The molecule has 106 valence electrons. The lowest BCUT2D eigenvalue weighted by Crippen LogP contribution is -2.26. The van der Waals surface area contributed by atoms with Crippen molar-refractivity contribution in [1.29, 1.82) is 0 Å². The minimum Gasteiger partial charge on any atom is -0.380 e. The molecule has 0 saturated carbocycles. The number of fused-ring (bicyclic) bond motifs is 1. The maximum atomic E-state index is 13.5. The summed E-state index contributed by atoms with van der Waals surface area (Å²) in [6.07, 6.45) is 2.17. The molecule has 3 aromatic rings. The van der Waals surface area contributed by atoms with E-state index in [2.05, 4.69) is 4.98 Å². The Morgan fingerprint density at radius 2 is 1.90 bits per heavy atom. The molecule has 0 radical (unpaired) electrons. The smallest absolute Gasteiger partial charge is 0.123 e. The number of nitrogens with zero attached hydrogens (tertiary/aromatic N) is 1. The second-order valence-electron chi connectivity index (χ2n) is 5.10. The number of hydrogen-bond donors (Lipinski definition) is 1. The van der Waals surface area contributed by atoms with Crippen molar-refractivity contribution in [1.82, 2.24) is 4.98 Å². The third kappa shape index (κ3) is 2.30. The lowest BCUT2D eigenvalue weighted by molar-refractivity contribution is 0.0777. The number of benzene rings is 2. The van der Waals surface area contributed by atoms with E-state index in [1.807, 2.05) is 37.3 Å². The maximum absolute atomic E-state index is 13.5. The minimum atomic E-state index is -1.23. The van der Waals surface area contributed by atoms with Crippen molar-refractivity contribution < 1.29 is 9.50 Å². The summed E-state index contributed by atoms with van der Waals surface area (Å²) in [7, 11) is 0. The molecule has 1 N–H and O–H groups in total. The lowest BCUT2D eigenvalue weighted by Gasteiger charge is -2.29. The summed E-state index contributed by atoms with van der Waals surface area (Å²) in [5.41, 5.74) is 0.894. The Morgan fingerprint density at radius 1 is 1.10 bits per heavy atom. The van der Waals surface area contributed by atoms with Crippen LogP contribution in [0, 0.1) is 5.82 Å². The topological polar surface area (TPSA) is 33.1 Å². The van der Waals surface area contributed by atoms with Gasteiger partial charge in [-0.15, -0.1) is 0 Å². The monoisotopic (exact) mass is 281 g/mol. The van der Waals surface area contributed by atoms with E-state index >= 15 is 0 Å². The fourth-order valence-corrected chi connectivity index (χ4v) is 2.76. The Balaban J connectivity index is 2.27. The number of rotatable bonds is 3. The Labute approximate surface area is 122 Å². The molecule has 1 heterocycles. The van der Waals surface area contributed by atoms with Crippen molar-refractivity contribution in [3.8, 4) is 0 Å². The van der Waals surface area contributed by atoms with E-state index in [1.165, 1.54) is 12.1 Å². The number of aromatic nitrogens is 1. The van der Waals surface area contributed by atoms with Crippen LogP contribution in [0.5, 0.6) is 0 Å². The van der Waals surface area contributed by atoms with Gasteiger partial charge in [-0.25, -0.2) is 4.39 Å². The van der Waals surface area contributed by atoms with Crippen LogP contribution in [0.15, 0.2) is 60.8 Å². The summed E-state index contributed by atoms with van der Waals surface area (Å²) in [5, 5.41) is 12.1. The zero-order valence-electron chi connectivity index (χ0n) is 11.8. The van der Waals surface area contributed by atoms with Gasteiger partial charge in [0, 0.05) is 11.6 Å². The third-order valence-corrected chi connectivity index (χ3v) is 3.91. The first kappa shape index (κ1) is 13.7. The van der Waals surface area contributed by atoms with Crippen LogP contribution >= 0.6 is 0 Å². The molecule has 3 rings (SSSR count). The van der Waals surface area contributed by atoms with Gasteiger partial charge in [0.05, 0.1) is 5.52 Å². The Hall–Kier alpha value is -2.26. The van der Waals surface area contributed by atoms with Crippen molar-refractivity contribution in [3.63, 3.8) is 0 Å². The van der Waals surface area contributed by atoms with E-state index in [0.717, 1.165) is 16.5 Å². The van der Waals surface area contributed by atoms with Crippen LogP contribution in [0.3, 0.4) is 0 Å². The maximum Gasteiger partial charge on any atom is 0.123 e. The van der Waals surface area contributed by atoms with Gasteiger partial charge in [-0.3, -0.25) is 4.98 Å². The normalized spacial score (nSPS) is 14.0. The molecule has 0 amide bonds. The van der Waals surface area contributed by atoms with Crippen molar-refractivity contribution in [3.05, 3.63) is 77.7 Å². The summed E-state index contributed by atoms with van der Waals surface area (Å²) < 4.78 is 13.5. The standard InChI is InChI=1S/C18H16FNO/c1-2-18(21,13-6-3-7-14(19)12-13)16-9-4-10-17-15(16)8-5-11-20-17/h3-12,21H,2H2,1H3. The van der Waals surface area contributed by atoms with Gasteiger partial charge in [0.1, 0.15) is 11.4 Å². The largest absolute Gasteiger partial charge is 0.380 e. The number of pyridine rings is 1. The molecule has 0 fully saturated rings. The van der Waals surface area contributed by atoms with Gasteiger partial charge in [-0.2, -0.15) is 0 Å². The van der Waals surface area contributed by atoms with E-state index in [1.54, 1.807) is 18.3 Å². The Bertz CT molecular complexity index is 782. The number of halogens is 1. The Kier molecular flexibility index (Phi) is 3.43. The van der Waals surface area contributed by atoms with Crippen LogP contribution in [-0.4, -0.2) is 10.1 Å². The SMILES string of the molecule is CCC(O)(c1cccc(F)c1)c1cccc2ncccc12. The lowest BCUT2D eigenvalue weighted by atomic mass is 9.82. The molecule has 0 saturated heterocycles. The van der Waals surface area contributed by atoms with E-state index in [4.69, 9.17) is 0 Å². The highest BCUT2D eigenvalue weighted by Crippen LogP contribution is 2.36. The van der Waals surface area contributed by atoms with Gasteiger partial charge in [0.25, 0.3) is 0 Å². The average Bonchev–Trinajstić information content (AvgIpc) is 2.53. The van der Waals surface area contributed by atoms with E-state index < -0.39 is 5.60 Å². The van der Waals surface area contributed by atoms with Crippen molar-refractivity contribution >= 4 is 10.9 Å². The summed E-state index contributed by atoms with van der Waals surface area (Å²) in [6.45, 7) is 1.89. The molecule has 2 aromatic carbocycles. The van der Waals surface area contributed by atoms with Gasteiger partial charge in [-0.05, 0) is 41.8 Å². The fraction of sp³-hybridized carbons (Fsp3) is 0.167. The molecule has 1 atom stereocenters. The van der Waals surface area contributed by atoms with E-state index in [9.17, 15) is 9.50 Å². The van der Waals surface area contributed by atoms with Crippen molar-refractivity contribution in [2.45, 2.75) is 18.9 Å². The van der Waals surface area contributed by atoms with Crippen LogP contribution in [0.1, 0.15) is 24.5 Å². The highest BCUT2D eigenvalue weighted by molar-refractivity contribution is 5.83. The van der Waals surface area contributed by atoms with E-state index in [-0.39, 0.29) is 5.82 Å². The zero-order valence-corrected chi connectivity index (χ0v) is 11.8. The van der Waals surface area contributed by atoms with Crippen LogP contribution < -0.4 is 0 Å². The molecule has 0 aliphatic heterocycles. The second-order valence-corrected chi connectivity index (χ2v) is 5.10. The summed E-state index contributed by atoms with van der Waals surface area (Å²) >= 11 is 0. The molecular formula is C18H16FNO. The first-order valence-corrected chi connectivity index (χ1v) is 6.98. The van der Waals surface area contributed by atoms with Gasteiger partial charge >= 0.3 is 0 Å². The third-order valence-electron chi connectivity index (χ3n) is 3.91. The van der Waals surface area contributed by atoms with Crippen LogP contribution in [0.4, 0.5) is 4.39 Å². The summed E-state index contributed by atoms with van der Waals surface area (Å²) in [5.74, 6) is -0.349. The number of hydrogen-bond acceptors (Lipinski definition) is 2. The van der Waals surface area contributed by atoms with Gasteiger partial charge in [0.15, 0.2) is 0 Å². The van der Waals surface area contributed by atoms with Gasteiger partial charge < -0.3 is 5.11 Å². The molecule has 1 unspecified atom stereocenters. The summed E-state index contributed by atoms with van der Waals surface area (Å²) in [6, 6.07) is 15.5. The van der Waals surface area contributed by atoms with Crippen LogP contribution in [-0.2, 0) is 5.60 Å². The Morgan fingerprint density at radius 3 is 2.67 bits per heavy atom. The van der Waals surface area contributed by atoms with Crippen molar-refractivity contribution in [2.24, 2.45) is 0 Å². The van der Waals surface area contributed by atoms with Crippen molar-refractivity contribution in [2.75, 3.05) is 0 Å². The predicted octanol–water partition coefficient (Wildman–Crippen LogP) is 4.02. The highest BCUT2D eigenvalue weighted by atomic mass is 19.1. The first-order chi connectivity index (χ1) is 10.1. The zero-order chi connectivity index (χ0) is 14.9. The molecule has 0 aliphatic carbocycles. The number of aliphatic hydroxyl groups is 1. The quantitative estimate of drug-likeness (QED) is 0.786. The first-order valence-electron chi connectivity index (χ1n) is 6.98. The molecule has 2 nitrogen and oxygen atoms in total. The predicted molar refractivity (Wildman–Crippen MR) is 81.4 cm³/mol. The van der Waals surface area contributed by atoms with E-state index in [0.29, 0.717) is 12.0 Å². The van der Waals surface area contributed by atoms with Crippen LogP contribution in [0.2, 0.25) is 0 Å². The molecule has 0 spiro atoms. The molecule has 0 bridgehead atoms.